The minimum absolute atomic E-state index is 0.193. The van der Waals surface area contributed by atoms with Crippen molar-refractivity contribution < 1.29 is 9.90 Å². The topological polar surface area (TPSA) is 49.3 Å². The van der Waals surface area contributed by atoms with Crippen LogP contribution in [0.15, 0.2) is 42.5 Å². The zero-order valence-corrected chi connectivity index (χ0v) is 13.0. The molecule has 0 spiro atoms. The maximum absolute atomic E-state index is 12.1. The van der Waals surface area contributed by atoms with Crippen molar-refractivity contribution in [1.29, 1.82) is 0 Å². The second kappa shape index (κ2) is 5.79. The molecule has 1 aromatic heterocycles. The first kappa shape index (κ1) is 14.6. The third-order valence-corrected chi connectivity index (χ3v) is 5.07. The number of aliphatic hydroxyl groups is 1. The molecule has 1 fully saturated rings. The molecule has 0 aliphatic heterocycles. The van der Waals surface area contributed by atoms with Crippen LogP contribution in [-0.4, -0.2) is 17.6 Å². The first-order chi connectivity index (χ1) is 10.1. The Hall–Kier alpha value is -1.36. The molecular formula is C16H16ClNO2S. The Balaban J connectivity index is 1.73. The van der Waals surface area contributed by atoms with Crippen LogP contribution >= 0.6 is 22.9 Å². The number of hydrogen-bond acceptors (Lipinski definition) is 3. The van der Waals surface area contributed by atoms with Gasteiger partial charge < -0.3 is 10.4 Å². The molecule has 110 valence electrons. The predicted molar refractivity (Wildman–Crippen MR) is 84.7 cm³/mol. The molecule has 0 radical (unpaired) electrons. The third-order valence-electron chi connectivity index (χ3n) is 3.84. The fourth-order valence-electron chi connectivity index (χ4n) is 2.51. The fourth-order valence-corrected chi connectivity index (χ4v) is 3.47. The summed E-state index contributed by atoms with van der Waals surface area (Å²) in [6, 6.07) is 12.9. The lowest BCUT2D eigenvalue weighted by Gasteiger charge is -2.29. The van der Waals surface area contributed by atoms with E-state index in [9.17, 15) is 9.90 Å². The lowest BCUT2D eigenvalue weighted by atomic mass is 9.88. The van der Waals surface area contributed by atoms with Gasteiger partial charge in [-0.25, -0.2) is 0 Å². The van der Waals surface area contributed by atoms with Gasteiger partial charge in [0, 0.05) is 0 Å². The number of nitrogens with one attached hydrogen (secondary N) is 1. The molecule has 1 aliphatic carbocycles. The Morgan fingerprint density at radius 2 is 2.00 bits per heavy atom. The van der Waals surface area contributed by atoms with Crippen LogP contribution in [0.5, 0.6) is 0 Å². The highest BCUT2D eigenvalue weighted by atomic mass is 35.5. The predicted octanol–water partition coefficient (Wildman–Crippen LogP) is 3.43. The standard InChI is InChI=1S/C16H16ClNO2S/c17-14-9-8-13(21-14)15(19)18-10-16(20,12-6-7-12)11-4-2-1-3-5-11/h1-5,8-9,12,20H,6-7,10H2,(H,18,19)/t16-/m0/s1. The van der Waals surface area contributed by atoms with E-state index >= 15 is 0 Å². The number of halogens is 1. The van der Waals surface area contributed by atoms with Crippen LogP contribution in [0, 0.1) is 5.92 Å². The second-order valence-corrected chi connectivity index (χ2v) is 7.07. The SMILES string of the molecule is O=C(NC[C@](O)(c1ccccc1)C1CC1)c1ccc(Cl)s1. The van der Waals surface area contributed by atoms with Gasteiger partial charge in [0.25, 0.3) is 5.91 Å². The van der Waals surface area contributed by atoms with E-state index in [1.54, 1.807) is 12.1 Å². The first-order valence-corrected chi connectivity index (χ1v) is 8.10. The highest BCUT2D eigenvalue weighted by Crippen LogP contribution is 2.45. The van der Waals surface area contributed by atoms with E-state index in [2.05, 4.69) is 5.32 Å². The molecule has 1 atom stereocenters. The van der Waals surface area contributed by atoms with Crippen molar-refractivity contribution in [2.24, 2.45) is 5.92 Å². The number of thiophene rings is 1. The first-order valence-electron chi connectivity index (χ1n) is 6.91. The largest absolute Gasteiger partial charge is 0.383 e. The second-order valence-electron chi connectivity index (χ2n) is 5.35. The summed E-state index contributed by atoms with van der Waals surface area (Å²) in [5, 5.41) is 13.8. The van der Waals surface area contributed by atoms with E-state index in [1.807, 2.05) is 30.3 Å². The number of rotatable bonds is 5. The van der Waals surface area contributed by atoms with Crippen LogP contribution in [0.25, 0.3) is 0 Å². The van der Waals surface area contributed by atoms with Gasteiger partial charge in [-0.05, 0) is 36.5 Å². The number of carbonyl (C=O) groups excluding carboxylic acids is 1. The van der Waals surface area contributed by atoms with Crippen molar-refractivity contribution in [2.45, 2.75) is 18.4 Å². The molecule has 1 amide bonds. The van der Waals surface area contributed by atoms with E-state index in [0.29, 0.717) is 9.21 Å². The Kier molecular flexibility index (Phi) is 4.02. The number of benzene rings is 1. The molecule has 3 nitrogen and oxygen atoms in total. The average molecular weight is 322 g/mol. The molecule has 5 heteroatoms. The summed E-state index contributed by atoms with van der Waals surface area (Å²) < 4.78 is 0.584. The number of carbonyl (C=O) groups is 1. The van der Waals surface area contributed by atoms with Crippen molar-refractivity contribution >= 4 is 28.8 Å². The smallest absolute Gasteiger partial charge is 0.261 e. The van der Waals surface area contributed by atoms with Crippen LogP contribution in [0.2, 0.25) is 4.34 Å². The molecule has 1 heterocycles. The highest BCUT2D eigenvalue weighted by molar-refractivity contribution is 7.17. The quantitative estimate of drug-likeness (QED) is 0.886. The molecule has 3 rings (SSSR count). The van der Waals surface area contributed by atoms with E-state index in [1.165, 1.54) is 11.3 Å². The molecule has 1 saturated carbocycles. The van der Waals surface area contributed by atoms with Crippen LogP contribution in [-0.2, 0) is 5.60 Å². The summed E-state index contributed by atoms with van der Waals surface area (Å²) in [6.07, 6.45) is 1.98. The number of amides is 1. The molecule has 0 saturated heterocycles. The molecule has 1 aromatic carbocycles. The average Bonchev–Trinajstić information content (AvgIpc) is 3.28. The van der Waals surface area contributed by atoms with Gasteiger partial charge in [-0.3, -0.25) is 4.79 Å². The zero-order chi connectivity index (χ0) is 14.9. The maximum Gasteiger partial charge on any atom is 0.261 e. The van der Waals surface area contributed by atoms with Gasteiger partial charge in [0.2, 0.25) is 0 Å². The van der Waals surface area contributed by atoms with Gasteiger partial charge in [0.15, 0.2) is 0 Å². The van der Waals surface area contributed by atoms with Gasteiger partial charge in [0.05, 0.1) is 15.8 Å². The van der Waals surface area contributed by atoms with E-state index in [-0.39, 0.29) is 18.4 Å². The van der Waals surface area contributed by atoms with Crippen LogP contribution in [0.1, 0.15) is 28.1 Å². The summed E-state index contributed by atoms with van der Waals surface area (Å²) in [5.74, 6) is 0.0222. The highest BCUT2D eigenvalue weighted by Gasteiger charge is 2.45. The zero-order valence-electron chi connectivity index (χ0n) is 11.4. The Bertz CT molecular complexity index is 639. The summed E-state index contributed by atoms with van der Waals surface area (Å²) in [5.41, 5.74) is -0.130. The maximum atomic E-state index is 12.1. The molecule has 2 aromatic rings. The lowest BCUT2D eigenvalue weighted by molar-refractivity contribution is 0.0135. The molecule has 0 bridgehead atoms. The molecule has 21 heavy (non-hydrogen) atoms. The van der Waals surface area contributed by atoms with Crippen molar-refractivity contribution in [3.05, 3.63) is 57.2 Å². The summed E-state index contributed by atoms with van der Waals surface area (Å²) in [7, 11) is 0. The van der Waals surface area contributed by atoms with E-state index < -0.39 is 5.60 Å². The van der Waals surface area contributed by atoms with E-state index in [4.69, 9.17) is 11.6 Å². The van der Waals surface area contributed by atoms with Crippen molar-refractivity contribution in [3.63, 3.8) is 0 Å². The Morgan fingerprint density at radius 3 is 2.57 bits per heavy atom. The minimum Gasteiger partial charge on any atom is -0.383 e. The van der Waals surface area contributed by atoms with Crippen LogP contribution in [0.4, 0.5) is 0 Å². The van der Waals surface area contributed by atoms with Gasteiger partial charge in [0.1, 0.15) is 5.60 Å². The third kappa shape index (κ3) is 3.12. The van der Waals surface area contributed by atoms with Gasteiger partial charge >= 0.3 is 0 Å². The summed E-state index contributed by atoms with van der Waals surface area (Å²) in [4.78, 5) is 12.7. The van der Waals surface area contributed by atoms with Crippen molar-refractivity contribution in [2.75, 3.05) is 6.54 Å². The summed E-state index contributed by atoms with van der Waals surface area (Å²) >= 11 is 7.08. The Labute approximate surface area is 132 Å². The van der Waals surface area contributed by atoms with Gasteiger partial charge in [-0.2, -0.15) is 0 Å². The van der Waals surface area contributed by atoms with Crippen molar-refractivity contribution in [3.8, 4) is 0 Å². The molecule has 0 unspecified atom stereocenters. The molecule has 1 aliphatic rings. The molecular weight excluding hydrogens is 306 g/mol. The number of hydrogen-bond donors (Lipinski definition) is 2. The Morgan fingerprint density at radius 1 is 1.29 bits per heavy atom. The van der Waals surface area contributed by atoms with Gasteiger partial charge in [-0.15, -0.1) is 11.3 Å². The van der Waals surface area contributed by atoms with Crippen LogP contribution < -0.4 is 5.32 Å². The van der Waals surface area contributed by atoms with Crippen molar-refractivity contribution in [1.82, 2.24) is 5.32 Å². The lowest BCUT2D eigenvalue weighted by Crippen LogP contribution is -2.42. The normalized spacial score (nSPS) is 17.2. The van der Waals surface area contributed by atoms with Crippen LogP contribution in [0.3, 0.4) is 0 Å². The monoisotopic (exact) mass is 321 g/mol. The van der Waals surface area contributed by atoms with Gasteiger partial charge in [-0.1, -0.05) is 41.9 Å². The van der Waals surface area contributed by atoms with E-state index in [0.717, 1.165) is 18.4 Å². The fraction of sp³-hybridized carbons (Fsp3) is 0.312. The molecule has 2 N–H and O–H groups in total. The summed E-state index contributed by atoms with van der Waals surface area (Å²) in [6.45, 7) is 0.218. The minimum atomic E-state index is -0.988.